The number of aryl methyl sites for hydroxylation is 1. The standard InChI is InChI=1S/C23H27N3O2/c1-17(2)23-24-13-14-26(23)16-19-5-4-6-20(15-19)25-22(27)12-9-18-7-10-21(28-3)11-8-18/h4-8,10-11,13-15,17H,9,12,16H2,1-3H3,(H,25,27). The number of rotatable bonds is 8. The van der Waals surface area contributed by atoms with E-state index in [1.165, 1.54) is 0 Å². The second-order valence-corrected chi connectivity index (χ2v) is 7.16. The molecule has 2 aromatic carbocycles. The minimum absolute atomic E-state index is 0.0125. The Morgan fingerprint density at radius 2 is 1.93 bits per heavy atom. The van der Waals surface area contributed by atoms with Crippen LogP contribution in [-0.4, -0.2) is 22.6 Å². The molecule has 146 valence electrons. The molecule has 0 saturated carbocycles. The van der Waals surface area contributed by atoms with Crippen molar-refractivity contribution in [1.82, 2.24) is 9.55 Å². The maximum absolute atomic E-state index is 12.3. The molecule has 0 aliphatic rings. The second-order valence-electron chi connectivity index (χ2n) is 7.16. The zero-order chi connectivity index (χ0) is 19.9. The van der Waals surface area contributed by atoms with Crippen LogP contribution in [0.1, 0.15) is 43.1 Å². The number of methoxy groups -OCH3 is 1. The van der Waals surface area contributed by atoms with Crippen molar-refractivity contribution in [2.45, 2.75) is 39.2 Å². The van der Waals surface area contributed by atoms with Crippen molar-refractivity contribution in [2.24, 2.45) is 0 Å². The molecule has 3 aromatic rings. The summed E-state index contributed by atoms with van der Waals surface area (Å²) in [6.07, 6.45) is 4.97. The van der Waals surface area contributed by atoms with Crippen LogP contribution in [0.25, 0.3) is 0 Å². The highest BCUT2D eigenvalue weighted by atomic mass is 16.5. The van der Waals surface area contributed by atoms with Crippen LogP contribution in [0.4, 0.5) is 5.69 Å². The summed E-state index contributed by atoms with van der Waals surface area (Å²) in [5, 5.41) is 3.00. The number of hydrogen-bond donors (Lipinski definition) is 1. The van der Waals surface area contributed by atoms with Crippen LogP contribution in [-0.2, 0) is 17.8 Å². The first kappa shape index (κ1) is 19.7. The molecule has 0 bridgehead atoms. The number of anilines is 1. The Morgan fingerprint density at radius 3 is 2.64 bits per heavy atom. The molecule has 1 amide bonds. The van der Waals surface area contributed by atoms with Crippen LogP contribution in [0.15, 0.2) is 60.9 Å². The largest absolute Gasteiger partial charge is 0.497 e. The molecular formula is C23H27N3O2. The van der Waals surface area contributed by atoms with E-state index >= 15 is 0 Å². The molecule has 0 unspecified atom stereocenters. The lowest BCUT2D eigenvalue weighted by Gasteiger charge is -2.12. The topological polar surface area (TPSA) is 56.1 Å². The van der Waals surface area contributed by atoms with Gasteiger partial charge in [0.05, 0.1) is 7.11 Å². The fraction of sp³-hybridized carbons (Fsp3) is 0.304. The monoisotopic (exact) mass is 377 g/mol. The third-order valence-electron chi connectivity index (χ3n) is 4.63. The van der Waals surface area contributed by atoms with Gasteiger partial charge in [0.15, 0.2) is 0 Å². The molecule has 5 heteroatoms. The lowest BCUT2D eigenvalue weighted by atomic mass is 10.1. The number of hydrogen-bond acceptors (Lipinski definition) is 3. The zero-order valence-corrected chi connectivity index (χ0v) is 16.7. The van der Waals surface area contributed by atoms with Crippen molar-refractivity contribution in [3.8, 4) is 5.75 Å². The number of nitrogens with one attached hydrogen (secondary N) is 1. The fourth-order valence-corrected chi connectivity index (χ4v) is 3.17. The van der Waals surface area contributed by atoms with Crippen LogP contribution in [0.2, 0.25) is 0 Å². The van der Waals surface area contributed by atoms with Crippen molar-refractivity contribution in [3.63, 3.8) is 0 Å². The minimum atomic E-state index is 0.0125. The van der Waals surface area contributed by atoms with E-state index in [-0.39, 0.29) is 5.91 Å². The van der Waals surface area contributed by atoms with Gasteiger partial charge in [-0.1, -0.05) is 38.1 Å². The van der Waals surface area contributed by atoms with Crippen molar-refractivity contribution < 1.29 is 9.53 Å². The lowest BCUT2D eigenvalue weighted by Crippen LogP contribution is -2.13. The van der Waals surface area contributed by atoms with Gasteiger partial charge in [-0.25, -0.2) is 4.98 Å². The molecule has 0 aliphatic heterocycles. The van der Waals surface area contributed by atoms with Crippen molar-refractivity contribution in [2.75, 3.05) is 12.4 Å². The van der Waals surface area contributed by atoms with Gasteiger partial charge in [0, 0.05) is 37.0 Å². The van der Waals surface area contributed by atoms with Gasteiger partial charge in [-0.2, -0.15) is 0 Å². The predicted molar refractivity (Wildman–Crippen MR) is 112 cm³/mol. The minimum Gasteiger partial charge on any atom is -0.497 e. The maximum Gasteiger partial charge on any atom is 0.224 e. The molecular weight excluding hydrogens is 350 g/mol. The van der Waals surface area contributed by atoms with E-state index in [0.717, 1.165) is 34.9 Å². The van der Waals surface area contributed by atoms with Crippen LogP contribution >= 0.6 is 0 Å². The summed E-state index contributed by atoms with van der Waals surface area (Å²) in [5.74, 6) is 2.27. The van der Waals surface area contributed by atoms with Crippen molar-refractivity contribution in [3.05, 3.63) is 77.9 Å². The SMILES string of the molecule is COc1ccc(CCC(=O)Nc2cccc(Cn3ccnc3C(C)C)c2)cc1. The Balaban J connectivity index is 1.57. The average Bonchev–Trinajstić information content (AvgIpc) is 3.15. The molecule has 1 N–H and O–H groups in total. The van der Waals surface area contributed by atoms with Crippen LogP contribution in [0.3, 0.4) is 0 Å². The summed E-state index contributed by atoms with van der Waals surface area (Å²) in [4.78, 5) is 16.8. The number of ether oxygens (including phenoxy) is 1. The Labute approximate surface area is 166 Å². The average molecular weight is 377 g/mol. The highest BCUT2D eigenvalue weighted by Gasteiger charge is 2.09. The van der Waals surface area contributed by atoms with E-state index in [4.69, 9.17) is 4.74 Å². The number of aromatic nitrogens is 2. The number of carbonyl (C=O) groups excluding carboxylic acids is 1. The normalized spacial score (nSPS) is 10.9. The molecule has 28 heavy (non-hydrogen) atoms. The lowest BCUT2D eigenvalue weighted by molar-refractivity contribution is -0.116. The van der Waals surface area contributed by atoms with Gasteiger partial charge in [-0.15, -0.1) is 0 Å². The van der Waals surface area contributed by atoms with Gasteiger partial charge in [0.2, 0.25) is 5.91 Å². The molecule has 0 spiro atoms. The fourth-order valence-electron chi connectivity index (χ4n) is 3.17. The van der Waals surface area contributed by atoms with Gasteiger partial charge in [0.1, 0.15) is 11.6 Å². The number of carbonyl (C=O) groups is 1. The molecule has 0 atom stereocenters. The Morgan fingerprint density at radius 1 is 1.14 bits per heavy atom. The number of benzene rings is 2. The first-order valence-electron chi connectivity index (χ1n) is 9.58. The Bertz CT molecular complexity index is 914. The van der Waals surface area contributed by atoms with Crippen molar-refractivity contribution >= 4 is 11.6 Å². The van der Waals surface area contributed by atoms with Gasteiger partial charge in [-0.05, 0) is 41.8 Å². The highest BCUT2D eigenvalue weighted by Crippen LogP contribution is 2.17. The quantitative estimate of drug-likeness (QED) is 0.622. The Hall–Kier alpha value is -3.08. The predicted octanol–water partition coefficient (Wildman–Crippen LogP) is 4.63. The third kappa shape index (κ3) is 5.22. The zero-order valence-electron chi connectivity index (χ0n) is 16.7. The molecule has 0 saturated heterocycles. The third-order valence-corrected chi connectivity index (χ3v) is 4.63. The molecule has 3 rings (SSSR count). The van der Waals surface area contributed by atoms with Crippen LogP contribution in [0.5, 0.6) is 5.75 Å². The number of amides is 1. The molecule has 1 aromatic heterocycles. The smallest absolute Gasteiger partial charge is 0.224 e. The van der Waals surface area contributed by atoms with E-state index in [2.05, 4.69) is 34.8 Å². The first-order valence-corrected chi connectivity index (χ1v) is 9.58. The number of imidazole rings is 1. The van der Waals surface area contributed by atoms with Crippen LogP contribution in [0, 0.1) is 0 Å². The number of nitrogens with zero attached hydrogens (tertiary/aromatic N) is 2. The maximum atomic E-state index is 12.3. The summed E-state index contributed by atoms with van der Waals surface area (Å²) in [6.45, 7) is 5.01. The van der Waals surface area contributed by atoms with E-state index in [1.54, 1.807) is 7.11 Å². The highest BCUT2D eigenvalue weighted by molar-refractivity contribution is 5.90. The van der Waals surface area contributed by atoms with Crippen molar-refractivity contribution in [1.29, 1.82) is 0 Å². The van der Waals surface area contributed by atoms with E-state index in [0.29, 0.717) is 18.8 Å². The molecule has 5 nitrogen and oxygen atoms in total. The van der Waals surface area contributed by atoms with E-state index < -0.39 is 0 Å². The van der Waals surface area contributed by atoms with Gasteiger partial charge >= 0.3 is 0 Å². The van der Waals surface area contributed by atoms with Crippen LogP contribution < -0.4 is 10.1 Å². The summed E-state index contributed by atoms with van der Waals surface area (Å²) in [7, 11) is 1.65. The molecule has 0 radical (unpaired) electrons. The second kappa shape index (κ2) is 9.22. The summed E-state index contributed by atoms with van der Waals surface area (Å²) >= 11 is 0. The molecule has 0 aliphatic carbocycles. The summed E-state index contributed by atoms with van der Waals surface area (Å²) in [6, 6.07) is 15.8. The Kier molecular flexibility index (Phi) is 6.48. The molecule has 1 heterocycles. The van der Waals surface area contributed by atoms with Gasteiger partial charge in [-0.3, -0.25) is 4.79 Å². The van der Waals surface area contributed by atoms with E-state index in [1.807, 2.05) is 54.9 Å². The molecule has 0 fully saturated rings. The van der Waals surface area contributed by atoms with Gasteiger partial charge in [0.25, 0.3) is 0 Å². The first-order chi connectivity index (χ1) is 13.5. The summed E-state index contributed by atoms with van der Waals surface area (Å²) in [5.41, 5.74) is 3.07. The van der Waals surface area contributed by atoms with Gasteiger partial charge < -0.3 is 14.6 Å². The summed E-state index contributed by atoms with van der Waals surface area (Å²) < 4.78 is 7.31. The van der Waals surface area contributed by atoms with E-state index in [9.17, 15) is 4.79 Å².